The first-order valence-electron chi connectivity index (χ1n) is 7.20. The molecule has 0 spiro atoms. The quantitative estimate of drug-likeness (QED) is 0.764. The summed E-state index contributed by atoms with van der Waals surface area (Å²) in [5, 5.41) is 2.12. The summed E-state index contributed by atoms with van der Waals surface area (Å²) in [6.45, 7) is 12.1. The van der Waals surface area contributed by atoms with Crippen LogP contribution in [-0.2, 0) is 9.53 Å². The molecule has 1 rings (SSSR count). The molecular formula is C14H29N2O2+. The number of quaternary nitrogens is 1. The molecule has 1 fully saturated rings. The summed E-state index contributed by atoms with van der Waals surface area (Å²) in [6.07, 6.45) is 2.63. The van der Waals surface area contributed by atoms with Gasteiger partial charge in [0.15, 0.2) is 6.04 Å². The van der Waals surface area contributed by atoms with Crippen molar-refractivity contribution >= 4 is 5.91 Å². The zero-order valence-electron chi connectivity index (χ0n) is 12.5. The van der Waals surface area contributed by atoms with Crippen molar-refractivity contribution in [3.63, 3.8) is 0 Å². The Hall–Kier alpha value is -0.610. The van der Waals surface area contributed by atoms with Gasteiger partial charge in [-0.2, -0.15) is 0 Å². The highest BCUT2D eigenvalue weighted by Crippen LogP contribution is 2.10. The molecule has 0 aromatic carbocycles. The Kier molecular flexibility index (Phi) is 6.09. The molecule has 1 amide bonds. The lowest BCUT2D eigenvalue weighted by Crippen LogP contribution is -2.93. The normalized spacial score (nSPS) is 21.6. The van der Waals surface area contributed by atoms with Crippen LogP contribution in [0.5, 0.6) is 0 Å². The summed E-state index contributed by atoms with van der Waals surface area (Å²) < 4.78 is 5.58. The zero-order chi connectivity index (χ0) is 13.7. The van der Waals surface area contributed by atoms with Gasteiger partial charge >= 0.3 is 0 Å². The standard InChI is InChI=1S/C14H28N2O2/c1-10(2)16(11(3)4)14(17)12(5)15-9-13-7-6-8-18-13/h10-13,15H,6-9H2,1-5H3/p+1/t12-,13-/m1/s1. The fraction of sp³-hybridized carbons (Fsp3) is 0.929. The van der Waals surface area contributed by atoms with Gasteiger partial charge in [-0.3, -0.25) is 4.79 Å². The first-order valence-corrected chi connectivity index (χ1v) is 7.20. The SMILES string of the molecule is CC(C)N(C(=O)[C@@H](C)[NH2+]C[C@H]1CCCO1)C(C)C. The molecule has 0 aromatic rings. The zero-order valence-corrected chi connectivity index (χ0v) is 12.5. The Labute approximate surface area is 111 Å². The van der Waals surface area contributed by atoms with Crippen molar-refractivity contribution in [2.45, 2.75) is 71.7 Å². The molecule has 18 heavy (non-hydrogen) atoms. The monoisotopic (exact) mass is 257 g/mol. The maximum absolute atomic E-state index is 12.4. The highest BCUT2D eigenvalue weighted by Gasteiger charge is 2.28. The highest BCUT2D eigenvalue weighted by atomic mass is 16.5. The predicted octanol–water partition coefficient (Wildman–Crippen LogP) is 0.763. The van der Waals surface area contributed by atoms with Crippen LogP contribution in [-0.4, -0.2) is 48.2 Å². The predicted molar refractivity (Wildman–Crippen MR) is 72.3 cm³/mol. The summed E-state index contributed by atoms with van der Waals surface area (Å²) in [6, 6.07) is 0.506. The molecule has 0 radical (unpaired) electrons. The van der Waals surface area contributed by atoms with Crippen LogP contribution in [0.25, 0.3) is 0 Å². The first-order chi connectivity index (χ1) is 8.43. The van der Waals surface area contributed by atoms with Gasteiger partial charge in [0.05, 0.1) is 0 Å². The number of rotatable bonds is 6. The van der Waals surface area contributed by atoms with Gasteiger partial charge in [0.25, 0.3) is 5.91 Å². The van der Waals surface area contributed by atoms with E-state index in [2.05, 4.69) is 33.0 Å². The van der Waals surface area contributed by atoms with E-state index in [1.165, 1.54) is 0 Å². The van der Waals surface area contributed by atoms with Crippen molar-refractivity contribution in [1.29, 1.82) is 0 Å². The van der Waals surface area contributed by atoms with Crippen LogP contribution in [0, 0.1) is 0 Å². The largest absolute Gasteiger partial charge is 0.372 e. The second-order valence-corrected chi connectivity index (χ2v) is 5.83. The van der Waals surface area contributed by atoms with Crippen molar-refractivity contribution in [3.05, 3.63) is 0 Å². The minimum atomic E-state index is -0.0148. The molecule has 0 unspecified atom stereocenters. The molecule has 1 heterocycles. The Morgan fingerprint density at radius 1 is 1.28 bits per heavy atom. The van der Waals surface area contributed by atoms with E-state index in [1.54, 1.807) is 0 Å². The van der Waals surface area contributed by atoms with E-state index in [9.17, 15) is 4.79 Å². The summed E-state index contributed by atoms with van der Waals surface area (Å²) in [7, 11) is 0. The Balaban J connectivity index is 2.43. The van der Waals surface area contributed by atoms with Crippen LogP contribution in [0.4, 0.5) is 0 Å². The summed E-state index contributed by atoms with van der Waals surface area (Å²) >= 11 is 0. The number of ether oxygens (including phenoxy) is 1. The van der Waals surface area contributed by atoms with Gasteiger partial charge in [0.1, 0.15) is 12.6 Å². The molecule has 0 saturated carbocycles. The molecule has 2 atom stereocenters. The molecule has 4 heteroatoms. The highest BCUT2D eigenvalue weighted by molar-refractivity contribution is 5.80. The number of nitrogens with zero attached hydrogens (tertiary/aromatic N) is 1. The van der Waals surface area contributed by atoms with Gasteiger partial charge < -0.3 is 15.0 Å². The second kappa shape index (κ2) is 7.10. The molecule has 0 aliphatic carbocycles. The van der Waals surface area contributed by atoms with Gasteiger partial charge in [0, 0.05) is 18.7 Å². The number of nitrogens with two attached hydrogens (primary N) is 1. The van der Waals surface area contributed by atoms with Crippen molar-refractivity contribution in [1.82, 2.24) is 4.90 Å². The minimum Gasteiger partial charge on any atom is -0.372 e. The molecule has 1 aliphatic heterocycles. The van der Waals surface area contributed by atoms with Crippen LogP contribution in [0.15, 0.2) is 0 Å². The average Bonchev–Trinajstić information content (AvgIpc) is 2.77. The van der Waals surface area contributed by atoms with Gasteiger partial charge in [-0.1, -0.05) is 0 Å². The van der Waals surface area contributed by atoms with E-state index in [-0.39, 0.29) is 24.0 Å². The van der Waals surface area contributed by atoms with E-state index in [4.69, 9.17) is 4.74 Å². The van der Waals surface area contributed by atoms with Gasteiger partial charge in [-0.25, -0.2) is 0 Å². The maximum atomic E-state index is 12.4. The molecule has 4 nitrogen and oxygen atoms in total. The lowest BCUT2D eigenvalue weighted by atomic mass is 10.1. The Bertz CT molecular complexity index is 253. The molecule has 0 bridgehead atoms. The van der Waals surface area contributed by atoms with Crippen molar-refractivity contribution in [2.24, 2.45) is 0 Å². The third-order valence-electron chi connectivity index (χ3n) is 3.53. The van der Waals surface area contributed by atoms with E-state index in [0.29, 0.717) is 6.10 Å². The topological polar surface area (TPSA) is 46.2 Å². The summed E-state index contributed by atoms with van der Waals surface area (Å²) in [4.78, 5) is 14.4. The van der Waals surface area contributed by atoms with Crippen molar-refractivity contribution in [2.75, 3.05) is 13.2 Å². The molecule has 2 N–H and O–H groups in total. The average molecular weight is 257 g/mol. The molecule has 1 saturated heterocycles. The third kappa shape index (κ3) is 4.25. The third-order valence-corrected chi connectivity index (χ3v) is 3.53. The fourth-order valence-electron chi connectivity index (χ4n) is 2.63. The van der Waals surface area contributed by atoms with Crippen molar-refractivity contribution in [3.8, 4) is 0 Å². The van der Waals surface area contributed by atoms with Crippen LogP contribution >= 0.6 is 0 Å². The molecular weight excluding hydrogens is 228 g/mol. The summed E-state index contributed by atoms with van der Waals surface area (Å²) in [5.41, 5.74) is 0. The van der Waals surface area contributed by atoms with Crippen LogP contribution < -0.4 is 5.32 Å². The Morgan fingerprint density at radius 2 is 1.89 bits per heavy atom. The van der Waals surface area contributed by atoms with Gasteiger partial charge in [-0.05, 0) is 47.5 Å². The first kappa shape index (κ1) is 15.4. The number of carbonyl (C=O) groups excluding carboxylic acids is 1. The van der Waals surface area contributed by atoms with E-state index >= 15 is 0 Å². The van der Waals surface area contributed by atoms with Crippen LogP contribution in [0.2, 0.25) is 0 Å². The van der Waals surface area contributed by atoms with E-state index < -0.39 is 0 Å². The number of hydrogen-bond acceptors (Lipinski definition) is 2. The van der Waals surface area contributed by atoms with Crippen molar-refractivity contribution < 1.29 is 14.8 Å². The summed E-state index contributed by atoms with van der Waals surface area (Å²) in [5.74, 6) is 0.234. The van der Waals surface area contributed by atoms with Crippen LogP contribution in [0.1, 0.15) is 47.5 Å². The minimum absolute atomic E-state index is 0.0148. The van der Waals surface area contributed by atoms with E-state index in [0.717, 1.165) is 26.0 Å². The van der Waals surface area contributed by atoms with Gasteiger partial charge in [-0.15, -0.1) is 0 Å². The number of amides is 1. The van der Waals surface area contributed by atoms with Gasteiger partial charge in [0.2, 0.25) is 0 Å². The lowest BCUT2D eigenvalue weighted by molar-refractivity contribution is -0.679. The molecule has 1 aliphatic rings. The smallest absolute Gasteiger partial charge is 0.280 e. The second-order valence-electron chi connectivity index (χ2n) is 5.83. The fourth-order valence-corrected chi connectivity index (χ4v) is 2.63. The van der Waals surface area contributed by atoms with Crippen LogP contribution in [0.3, 0.4) is 0 Å². The molecule has 106 valence electrons. The maximum Gasteiger partial charge on any atom is 0.280 e. The Morgan fingerprint density at radius 3 is 2.33 bits per heavy atom. The molecule has 0 aromatic heterocycles. The number of carbonyl (C=O) groups is 1. The number of hydrogen-bond donors (Lipinski definition) is 1. The van der Waals surface area contributed by atoms with E-state index in [1.807, 2.05) is 11.8 Å². The lowest BCUT2D eigenvalue weighted by Gasteiger charge is -2.32.